The molecule has 0 atom stereocenters. The van der Waals surface area contributed by atoms with Crippen LogP contribution in [0.25, 0.3) is 21.8 Å². The highest BCUT2D eigenvalue weighted by atomic mass is 35.5. The minimum Gasteiger partial charge on any atom is -0.507 e. The molecule has 194 valence electrons. The third-order valence-electron chi connectivity index (χ3n) is 7.42. The van der Waals surface area contributed by atoms with Crippen LogP contribution in [0.2, 0.25) is 10.0 Å². The second-order valence-electron chi connectivity index (χ2n) is 10.0. The van der Waals surface area contributed by atoms with Crippen LogP contribution in [0.5, 0.6) is 5.75 Å². The third-order valence-corrected chi connectivity index (χ3v) is 7.89. The number of fused-ring (bicyclic) bond motifs is 2. The molecule has 8 heteroatoms. The van der Waals surface area contributed by atoms with Gasteiger partial charge in [-0.1, -0.05) is 23.2 Å². The Morgan fingerprint density at radius 1 is 0.730 bits per heavy atom. The Bertz CT molecular complexity index is 1390. The largest absolute Gasteiger partial charge is 0.507 e. The van der Waals surface area contributed by atoms with E-state index in [1.54, 1.807) is 0 Å². The number of aromatic nitrogens is 1. The van der Waals surface area contributed by atoms with Crippen LogP contribution < -0.4 is 5.32 Å². The summed E-state index contributed by atoms with van der Waals surface area (Å²) in [6.07, 6.45) is 4.88. The van der Waals surface area contributed by atoms with Gasteiger partial charge in [-0.15, -0.1) is 12.4 Å². The number of pyridine rings is 1. The molecule has 3 aromatic carbocycles. The van der Waals surface area contributed by atoms with Gasteiger partial charge in [0.15, 0.2) is 0 Å². The summed E-state index contributed by atoms with van der Waals surface area (Å²) in [7, 11) is 0. The molecule has 2 aliphatic heterocycles. The van der Waals surface area contributed by atoms with Crippen molar-refractivity contribution in [1.29, 1.82) is 0 Å². The minimum absolute atomic E-state index is 0. The number of rotatable bonds is 6. The zero-order chi connectivity index (χ0) is 24.6. The molecule has 0 unspecified atom stereocenters. The van der Waals surface area contributed by atoms with Crippen molar-refractivity contribution in [2.45, 2.75) is 38.8 Å². The van der Waals surface area contributed by atoms with Gasteiger partial charge < -0.3 is 10.4 Å². The number of nitrogens with zero attached hydrogens (tertiary/aromatic N) is 3. The van der Waals surface area contributed by atoms with Gasteiger partial charge in [0.1, 0.15) is 5.75 Å². The fourth-order valence-electron chi connectivity index (χ4n) is 5.61. The maximum absolute atomic E-state index is 11.3. The number of likely N-dealkylation sites (tertiary alicyclic amines) is 2. The van der Waals surface area contributed by atoms with Crippen LogP contribution in [-0.2, 0) is 13.1 Å². The van der Waals surface area contributed by atoms with Crippen molar-refractivity contribution >= 4 is 68.8 Å². The van der Waals surface area contributed by atoms with Crippen LogP contribution in [0.3, 0.4) is 0 Å². The number of nitrogens with one attached hydrogen (secondary N) is 1. The molecule has 1 aromatic heterocycles. The van der Waals surface area contributed by atoms with Gasteiger partial charge in [0, 0.05) is 50.7 Å². The highest BCUT2D eigenvalue weighted by Crippen LogP contribution is 2.38. The van der Waals surface area contributed by atoms with Gasteiger partial charge in [0.25, 0.3) is 0 Å². The molecule has 2 saturated heterocycles. The SMILES string of the molecule is Cl.Oc1c(CN2CCCC2)cc(Nc2c3ccc(Cl)cc3nc3ccc(Cl)cc23)cc1CN1CCCC1. The Labute approximate surface area is 233 Å². The molecule has 4 aromatic rings. The Morgan fingerprint density at radius 2 is 1.30 bits per heavy atom. The van der Waals surface area contributed by atoms with E-state index in [9.17, 15) is 5.11 Å². The second kappa shape index (κ2) is 11.2. The third kappa shape index (κ3) is 5.62. The van der Waals surface area contributed by atoms with E-state index in [-0.39, 0.29) is 12.4 Å². The van der Waals surface area contributed by atoms with Crippen molar-refractivity contribution < 1.29 is 5.11 Å². The van der Waals surface area contributed by atoms with Crippen LogP contribution in [0.1, 0.15) is 36.8 Å². The molecule has 0 bridgehead atoms. The van der Waals surface area contributed by atoms with Crippen molar-refractivity contribution in [2.24, 2.45) is 0 Å². The second-order valence-corrected chi connectivity index (χ2v) is 10.9. The molecule has 0 saturated carbocycles. The summed E-state index contributed by atoms with van der Waals surface area (Å²) in [6, 6.07) is 15.7. The molecule has 6 rings (SSSR count). The van der Waals surface area contributed by atoms with Gasteiger partial charge in [0.2, 0.25) is 0 Å². The van der Waals surface area contributed by atoms with Crippen LogP contribution >= 0.6 is 35.6 Å². The van der Waals surface area contributed by atoms with E-state index in [2.05, 4.69) is 27.2 Å². The highest BCUT2D eigenvalue weighted by molar-refractivity contribution is 6.32. The Morgan fingerprint density at radius 3 is 1.92 bits per heavy atom. The summed E-state index contributed by atoms with van der Waals surface area (Å²) >= 11 is 12.7. The highest BCUT2D eigenvalue weighted by Gasteiger charge is 2.20. The number of hydrogen-bond donors (Lipinski definition) is 2. The van der Waals surface area contributed by atoms with Crippen LogP contribution in [0, 0.1) is 0 Å². The van der Waals surface area contributed by atoms with Gasteiger partial charge in [-0.25, -0.2) is 4.98 Å². The molecule has 2 fully saturated rings. The Balaban J connectivity index is 0.00000280. The molecule has 3 heterocycles. The summed E-state index contributed by atoms with van der Waals surface area (Å²) in [5.74, 6) is 0.429. The minimum atomic E-state index is 0. The molecule has 2 aliphatic rings. The van der Waals surface area contributed by atoms with E-state index < -0.39 is 0 Å². The first-order valence-corrected chi connectivity index (χ1v) is 13.5. The van der Waals surface area contributed by atoms with E-state index in [0.29, 0.717) is 15.8 Å². The number of benzene rings is 3. The number of phenolic OH excluding ortho intramolecular Hbond substituents is 1. The topological polar surface area (TPSA) is 51.6 Å². The summed E-state index contributed by atoms with van der Waals surface area (Å²) < 4.78 is 0. The molecule has 0 radical (unpaired) electrons. The van der Waals surface area contributed by atoms with Gasteiger partial charge in [0.05, 0.1) is 16.7 Å². The van der Waals surface area contributed by atoms with Crippen molar-refractivity contribution in [1.82, 2.24) is 14.8 Å². The van der Waals surface area contributed by atoms with Crippen LogP contribution in [0.4, 0.5) is 11.4 Å². The Kier molecular flexibility index (Phi) is 7.99. The van der Waals surface area contributed by atoms with Gasteiger partial charge in [-0.2, -0.15) is 0 Å². The molecular weight excluding hydrogens is 527 g/mol. The maximum atomic E-state index is 11.3. The van der Waals surface area contributed by atoms with Crippen molar-refractivity contribution in [3.8, 4) is 5.75 Å². The first kappa shape index (κ1) is 26.3. The van der Waals surface area contributed by atoms with E-state index in [1.165, 1.54) is 25.7 Å². The maximum Gasteiger partial charge on any atom is 0.124 e. The number of aromatic hydroxyl groups is 1. The van der Waals surface area contributed by atoms with Crippen LogP contribution in [-0.4, -0.2) is 46.1 Å². The molecular formula is C29H31Cl3N4O. The monoisotopic (exact) mass is 556 g/mol. The molecule has 0 aliphatic carbocycles. The zero-order valence-corrected chi connectivity index (χ0v) is 23.0. The molecule has 0 spiro atoms. The van der Waals surface area contributed by atoms with Gasteiger partial charge in [-0.3, -0.25) is 9.80 Å². The molecule has 5 nitrogen and oxygen atoms in total. The molecule has 37 heavy (non-hydrogen) atoms. The lowest BCUT2D eigenvalue weighted by molar-refractivity contribution is 0.312. The quantitative estimate of drug-likeness (QED) is 0.187. The fourth-order valence-corrected chi connectivity index (χ4v) is 5.94. The summed E-state index contributed by atoms with van der Waals surface area (Å²) in [4.78, 5) is 9.69. The molecule has 2 N–H and O–H groups in total. The van der Waals surface area contributed by atoms with Gasteiger partial charge >= 0.3 is 0 Å². The van der Waals surface area contributed by atoms with E-state index in [1.807, 2.05) is 36.4 Å². The van der Waals surface area contributed by atoms with Crippen LogP contribution in [0.15, 0.2) is 48.5 Å². The van der Waals surface area contributed by atoms with Crippen molar-refractivity contribution in [3.05, 3.63) is 69.7 Å². The number of anilines is 2. The first-order valence-electron chi connectivity index (χ1n) is 12.8. The van der Waals surface area contributed by atoms with E-state index in [0.717, 1.165) is 83.6 Å². The number of phenols is 1. The average Bonchev–Trinajstić information content (AvgIpc) is 3.56. The summed E-state index contributed by atoms with van der Waals surface area (Å²) in [5.41, 5.74) is 5.52. The van der Waals surface area contributed by atoms with Crippen molar-refractivity contribution in [3.63, 3.8) is 0 Å². The van der Waals surface area contributed by atoms with Gasteiger partial charge in [-0.05, 0) is 100 Å². The Hall–Kier alpha value is -2.28. The standard InChI is InChI=1S/C29H30Cl2N4O.ClH/c30-21-6-8-26-25(15-21)28(24-7-5-22(31)16-27(24)33-26)32-23-13-19(17-34-9-1-2-10-34)29(36)20(14-23)18-35-11-3-4-12-35;/h5-8,13-16,36H,1-4,9-12,17-18H2,(H,32,33);1H. The number of halogens is 3. The smallest absolute Gasteiger partial charge is 0.124 e. The lowest BCUT2D eigenvalue weighted by atomic mass is 10.0. The lowest BCUT2D eigenvalue weighted by Crippen LogP contribution is -2.20. The first-order chi connectivity index (χ1) is 17.5. The lowest BCUT2D eigenvalue weighted by Gasteiger charge is -2.22. The van der Waals surface area contributed by atoms with Crippen molar-refractivity contribution in [2.75, 3.05) is 31.5 Å². The van der Waals surface area contributed by atoms with E-state index >= 15 is 0 Å². The average molecular weight is 558 g/mol. The number of hydrogen-bond acceptors (Lipinski definition) is 5. The summed E-state index contributed by atoms with van der Waals surface area (Å²) in [5, 5.41) is 18.2. The summed E-state index contributed by atoms with van der Waals surface area (Å²) in [6.45, 7) is 5.84. The fraction of sp³-hybridized carbons (Fsp3) is 0.345. The normalized spacial score (nSPS) is 16.5. The molecule has 0 amide bonds. The van der Waals surface area contributed by atoms with E-state index in [4.69, 9.17) is 28.2 Å². The predicted octanol–water partition coefficient (Wildman–Crippen LogP) is 7.76. The zero-order valence-electron chi connectivity index (χ0n) is 20.6. The predicted molar refractivity (Wildman–Crippen MR) is 157 cm³/mol.